The number of carbonyl (C=O) groups is 1. The van der Waals surface area contributed by atoms with Gasteiger partial charge in [0.1, 0.15) is 0 Å². The predicted molar refractivity (Wildman–Crippen MR) is 90.0 cm³/mol. The van der Waals surface area contributed by atoms with Gasteiger partial charge in [-0.1, -0.05) is 29.8 Å². The molecule has 22 heavy (non-hydrogen) atoms. The fourth-order valence-corrected chi connectivity index (χ4v) is 2.26. The highest BCUT2D eigenvalue weighted by Crippen LogP contribution is 2.13. The summed E-state index contributed by atoms with van der Waals surface area (Å²) in [7, 11) is 0. The quantitative estimate of drug-likeness (QED) is 0.888. The van der Waals surface area contributed by atoms with E-state index >= 15 is 0 Å². The van der Waals surface area contributed by atoms with E-state index in [2.05, 4.69) is 41.5 Å². The summed E-state index contributed by atoms with van der Waals surface area (Å²) in [6.07, 6.45) is 3.37. The normalized spacial score (nSPS) is 10.3. The van der Waals surface area contributed by atoms with Gasteiger partial charge in [-0.05, 0) is 32.4 Å². The number of amides is 1. The second kappa shape index (κ2) is 7.59. The average Bonchev–Trinajstić information content (AvgIpc) is 2.55. The minimum atomic E-state index is 0.0245. The van der Waals surface area contributed by atoms with Crippen LogP contribution in [-0.4, -0.2) is 28.9 Å². The summed E-state index contributed by atoms with van der Waals surface area (Å²) in [6.45, 7) is 8.16. The Kier molecular flexibility index (Phi) is 5.53. The van der Waals surface area contributed by atoms with E-state index in [-0.39, 0.29) is 5.91 Å². The van der Waals surface area contributed by atoms with Crippen LogP contribution in [0, 0.1) is 6.92 Å². The van der Waals surface area contributed by atoms with Crippen molar-refractivity contribution in [2.45, 2.75) is 27.3 Å². The van der Waals surface area contributed by atoms with Gasteiger partial charge >= 0.3 is 0 Å². The minimum Gasteiger partial charge on any atom is -0.380 e. The zero-order valence-electron chi connectivity index (χ0n) is 13.5. The summed E-state index contributed by atoms with van der Waals surface area (Å²) >= 11 is 0. The van der Waals surface area contributed by atoms with E-state index in [4.69, 9.17) is 0 Å². The largest absolute Gasteiger partial charge is 0.380 e. The molecule has 4 heteroatoms. The molecule has 116 valence electrons. The molecule has 0 aliphatic carbocycles. The summed E-state index contributed by atoms with van der Waals surface area (Å²) < 4.78 is 0. The first-order chi connectivity index (χ1) is 10.6. The number of carbonyl (C=O) groups excluding carboxylic acids is 1. The zero-order valence-corrected chi connectivity index (χ0v) is 13.5. The van der Waals surface area contributed by atoms with Crippen LogP contribution in [0.5, 0.6) is 0 Å². The molecule has 0 unspecified atom stereocenters. The van der Waals surface area contributed by atoms with Crippen molar-refractivity contribution in [3.8, 4) is 0 Å². The topological polar surface area (TPSA) is 45.2 Å². The molecule has 0 radical (unpaired) electrons. The maximum Gasteiger partial charge on any atom is 0.255 e. The van der Waals surface area contributed by atoms with Crippen LogP contribution in [-0.2, 0) is 6.54 Å². The highest BCUT2D eigenvalue weighted by atomic mass is 16.2. The Morgan fingerprint density at radius 2 is 1.82 bits per heavy atom. The second-order valence-corrected chi connectivity index (χ2v) is 5.28. The Labute approximate surface area is 132 Å². The number of aryl methyl sites for hydroxylation is 1. The zero-order chi connectivity index (χ0) is 15.9. The maximum atomic E-state index is 12.3. The van der Waals surface area contributed by atoms with Crippen molar-refractivity contribution in [1.29, 1.82) is 0 Å². The van der Waals surface area contributed by atoms with Crippen LogP contribution >= 0.6 is 0 Å². The molecule has 0 saturated heterocycles. The van der Waals surface area contributed by atoms with E-state index in [1.54, 1.807) is 17.3 Å². The Bertz CT molecular complexity index is 618. The molecule has 0 fully saturated rings. The second-order valence-electron chi connectivity index (χ2n) is 5.28. The number of rotatable bonds is 6. The van der Waals surface area contributed by atoms with Crippen molar-refractivity contribution in [3.05, 3.63) is 59.4 Å². The average molecular weight is 297 g/mol. The van der Waals surface area contributed by atoms with Gasteiger partial charge in [0.2, 0.25) is 0 Å². The van der Waals surface area contributed by atoms with Gasteiger partial charge in [0.25, 0.3) is 5.91 Å². The SMILES string of the molecule is CCN(CC)C(=O)c1cncc(NCc2ccc(C)cc2)c1. The highest BCUT2D eigenvalue weighted by molar-refractivity contribution is 5.94. The lowest BCUT2D eigenvalue weighted by atomic mass is 10.1. The number of nitrogens with one attached hydrogen (secondary N) is 1. The fourth-order valence-electron chi connectivity index (χ4n) is 2.26. The van der Waals surface area contributed by atoms with Crippen LogP contribution in [0.15, 0.2) is 42.7 Å². The number of hydrogen-bond acceptors (Lipinski definition) is 3. The van der Waals surface area contributed by atoms with Crippen LogP contribution in [0.2, 0.25) is 0 Å². The van der Waals surface area contributed by atoms with Gasteiger partial charge in [-0.3, -0.25) is 9.78 Å². The van der Waals surface area contributed by atoms with Crippen molar-refractivity contribution in [2.75, 3.05) is 18.4 Å². The molecule has 1 aromatic carbocycles. The van der Waals surface area contributed by atoms with Gasteiger partial charge in [0.15, 0.2) is 0 Å². The molecule has 1 N–H and O–H groups in total. The number of hydrogen-bond donors (Lipinski definition) is 1. The first-order valence-corrected chi connectivity index (χ1v) is 7.67. The molecule has 0 aliphatic heterocycles. The first-order valence-electron chi connectivity index (χ1n) is 7.67. The minimum absolute atomic E-state index is 0.0245. The van der Waals surface area contributed by atoms with Gasteiger partial charge in [-0.15, -0.1) is 0 Å². The molecule has 0 saturated carbocycles. The van der Waals surface area contributed by atoms with Crippen LogP contribution in [0.4, 0.5) is 5.69 Å². The third kappa shape index (κ3) is 4.07. The maximum absolute atomic E-state index is 12.3. The monoisotopic (exact) mass is 297 g/mol. The van der Waals surface area contributed by atoms with E-state index in [9.17, 15) is 4.79 Å². The van der Waals surface area contributed by atoms with Gasteiger partial charge in [-0.25, -0.2) is 0 Å². The van der Waals surface area contributed by atoms with Crippen LogP contribution in [0.25, 0.3) is 0 Å². The van der Waals surface area contributed by atoms with Gasteiger partial charge < -0.3 is 10.2 Å². The Morgan fingerprint density at radius 3 is 2.45 bits per heavy atom. The van der Waals surface area contributed by atoms with E-state index in [0.717, 1.165) is 5.69 Å². The van der Waals surface area contributed by atoms with Crippen LogP contribution < -0.4 is 5.32 Å². The number of nitrogens with zero attached hydrogens (tertiary/aromatic N) is 2. The molecule has 2 aromatic rings. The van der Waals surface area contributed by atoms with E-state index in [1.807, 2.05) is 19.9 Å². The molecule has 1 aromatic heterocycles. The molecule has 0 bridgehead atoms. The molecule has 1 amide bonds. The van der Waals surface area contributed by atoms with E-state index < -0.39 is 0 Å². The smallest absolute Gasteiger partial charge is 0.255 e. The molecule has 2 rings (SSSR count). The summed E-state index contributed by atoms with van der Waals surface area (Å²) in [5.74, 6) is 0.0245. The van der Waals surface area contributed by atoms with Crippen molar-refractivity contribution in [2.24, 2.45) is 0 Å². The van der Waals surface area contributed by atoms with Gasteiger partial charge in [0.05, 0.1) is 11.3 Å². The lowest BCUT2D eigenvalue weighted by Crippen LogP contribution is -2.30. The third-order valence-corrected chi connectivity index (χ3v) is 3.65. The molecule has 1 heterocycles. The molecule has 0 aliphatic rings. The predicted octanol–water partition coefficient (Wildman–Crippen LogP) is 3.48. The van der Waals surface area contributed by atoms with Crippen molar-refractivity contribution in [3.63, 3.8) is 0 Å². The molecule has 0 atom stereocenters. The molecular weight excluding hydrogens is 274 g/mol. The van der Waals surface area contributed by atoms with Crippen molar-refractivity contribution >= 4 is 11.6 Å². The number of pyridine rings is 1. The Balaban J connectivity index is 2.05. The summed E-state index contributed by atoms with van der Waals surface area (Å²) in [4.78, 5) is 18.3. The standard InChI is InChI=1S/C18H23N3O/c1-4-21(5-2)18(22)16-10-17(13-19-12-16)20-11-15-8-6-14(3)7-9-15/h6-10,12-13,20H,4-5,11H2,1-3H3. The summed E-state index contributed by atoms with van der Waals surface area (Å²) in [5.41, 5.74) is 3.93. The summed E-state index contributed by atoms with van der Waals surface area (Å²) in [5, 5.41) is 3.32. The van der Waals surface area contributed by atoms with Crippen molar-refractivity contribution < 1.29 is 4.79 Å². The first kappa shape index (κ1) is 16.0. The third-order valence-electron chi connectivity index (χ3n) is 3.65. The van der Waals surface area contributed by atoms with E-state index in [1.165, 1.54) is 11.1 Å². The van der Waals surface area contributed by atoms with E-state index in [0.29, 0.717) is 25.2 Å². The number of benzene rings is 1. The number of aromatic nitrogens is 1. The Hall–Kier alpha value is -2.36. The lowest BCUT2D eigenvalue weighted by Gasteiger charge is -2.18. The number of anilines is 1. The van der Waals surface area contributed by atoms with Gasteiger partial charge in [-0.2, -0.15) is 0 Å². The van der Waals surface area contributed by atoms with Crippen molar-refractivity contribution in [1.82, 2.24) is 9.88 Å². The van der Waals surface area contributed by atoms with Crippen LogP contribution in [0.1, 0.15) is 35.3 Å². The molecular formula is C18H23N3O. The lowest BCUT2D eigenvalue weighted by molar-refractivity contribution is 0.0772. The Morgan fingerprint density at radius 1 is 1.14 bits per heavy atom. The molecule has 4 nitrogen and oxygen atoms in total. The highest BCUT2D eigenvalue weighted by Gasteiger charge is 2.13. The fraction of sp³-hybridized carbons (Fsp3) is 0.333. The van der Waals surface area contributed by atoms with Crippen LogP contribution in [0.3, 0.4) is 0 Å². The summed E-state index contributed by atoms with van der Waals surface area (Å²) in [6, 6.07) is 10.2. The van der Waals surface area contributed by atoms with Gasteiger partial charge in [0, 0.05) is 32.0 Å². The molecule has 0 spiro atoms.